The average Bonchev–Trinajstić information content (AvgIpc) is 2.63. The first-order valence-electron chi connectivity index (χ1n) is 7.97. The second kappa shape index (κ2) is 14.3. The van der Waals surface area contributed by atoms with Crippen LogP contribution >= 0.6 is 0 Å². The molecule has 0 aliphatic heterocycles. The number of carbonyl (C=O) groups is 3. The van der Waals surface area contributed by atoms with Crippen LogP contribution in [0.1, 0.15) is 29.6 Å². The Morgan fingerprint density at radius 3 is 2.54 bits per heavy atom. The van der Waals surface area contributed by atoms with Gasteiger partial charge in [-0.05, 0) is 45.1 Å². The Kier molecular flexibility index (Phi) is 13.0. The lowest BCUT2D eigenvalue weighted by atomic mass is 10.2. The number of nitrogens with one attached hydrogen (secondary N) is 2. The first kappa shape index (κ1) is 21.8. The lowest BCUT2D eigenvalue weighted by Gasteiger charge is -2.21. The number of nitrogens with zero attached hydrogens (tertiary/aromatic N) is 1. The molecule has 0 aliphatic rings. The van der Waals surface area contributed by atoms with Gasteiger partial charge in [-0.3, -0.25) is 9.69 Å². The number of hydrogen-bond acceptors (Lipinski definition) is 5. The van der Waals surface area contributed by atoms with Gasteiger partial charge in [0.2, 0.25) is 0 Å². The van der Waals surface area contributed by atoms with E-state index in [1.54, 1.807) is 24.3 Å². The molecular formula is C17H28N4O3. The molecule has 0 saturated heterocycles. The van der Waals surface area contributed by atoms with Crippen molar-refractivity contribution in [3.8, 4) is 0 Å². The molecule has 0 atom stereocenters. The van der Waals surface area contributed by atoms with Gasteiger partial charge in [0.25, 0.3) is 0 Å². The van der Waals surface area contributed by atoms with Gasteiger partial charge in [0, 0.05) is 31.3 Å². The molecule has 2 amide bonds. The largest absolute Gasteiger partial charge is 0.341 e. The van der Waals surface area contributed by atoms with Gasteiger partial charge in [-0.2, -0.15) is 0 Å². The molecule has 1 aromatic carbocycles. The van der Waals surface area contributed by atoms with Crippen LogP contribution in [0.3, 0.4) is 0 Å². The van der Waals surface area contributed by atoms with Crippen molar-refractivity contribution >= 4 is 24.3 Å². The standard InChI is InChI=1S/C12H14N2O3.C5H14N2/c1-13-12(17)14(6-3-7-15)11-5-2-4-10(8-11)9-16;1-7-5-3-2-4-6/h2,4-5,7-9H,3,6H2,1H3,(H,13,17);7H,2-6H2,1H3. The van der Waals surface area contributed by atoms with Crippen LogP contribution in [-0.4, -0.2) is 52.3 Å². The maximum Gasteiger partial charge on any atom is 0.321 e. The van der Waals surface area contributed by atoms with Gasteiger partial charge in [0.05, 0.1) is 0 Å². The number of anilines is 1. The fraction of sp³-hybridized carbons (Fsp3) is 0.471. The third-order valence-electron chi connectivity index (χ3n) is 3.13. The Labute approximate surface area is 143 Å². The van der Waals surface area contributed by atoms with Gasteiger partial charge in [-0.25, -0.2) is 4.79 Å². The van der Waals surface area contributed by atoms with E-state index in [4.69, 9.17) is 5.73 Å². The molecule has 1 rings (SSSR count). The molecule has 0 saturated carbocycles. The number of benzene rings is 1. The van der Waals surface area contributed by atoms with Gasteiger partial charge in [-0.15, -0.1) is 0 Å². The predicted molar refractivity (Wildman–Crippen MR) is 96.5 cm³/mol. The van der Waals surface area contributed by atoms with Gasteiger partial charge >= 0.3 is 6.03 Å². The van der Waals surface area contributed by atoms with Crippen molar-refractivity contribution in [2.45, 2.75) is 19.3 Å². The van der Waals surface area contributed by atoms with Crippen molar-refractivity contribution in [3.63, 3.8) is 0 Å². The summed E-state index contributed by atoms with van der Waals surface area (Å²) in [4.78, 5) is 34.1. The first-order valence-corrected chi connectivity index (χ1v) is 7.97. The molecule has 0 fully saturated rings. The van der Waals surface area contributed by atoms with Crippen LogP contribution in [0.15, 0.2) is 24.3 Å². The second-order valence-corrected chi connectivity index (χ2v) is 4.97. The quantitative estimate of drug-likeness (QED) is 0.464. The van der Waals surface area contributed by atoms with E-state index in [1.165, 1.54) is 18.4 Å². The molecule has 1 aromatic rings. The number of carbonyl (C=O) groups excluding carboxylic acids is 3. The SMILES string of the molecule is CNC(=O)N(CCC=O)c1cccc(C=O)c1.CNCCCCN. The fourth-order valence-electron chi connectivity index (χ4n) is 1.88. The van der Waals surface area contributed by atoms with Crippen LogP contribution in [0, 0.1) is 0 Å². The van der Waals surface area contributed by atoms with Crippen molar-refractivity contribution in [1.29, 1.82) is 0 Å². The Hall–Kier alpha value is -2.25. The lowest BCUT2D eigenvalue weighted by molar-refractivity contribution is -0.107. The maximum atomic E-state index is 11.6. The number of amides is 2. The minimum atomic E-state index is -0.310. The zero-order valence-corrected chi connectivity index (χ0v) is 14.5. The molecule has 0 aromatic heterocycles. The summed E-state index contributed by atoms with van der Waals surface area (Å²) < 4.78 is 0. The fourth-order valence-corrected chi connectivity index (χ4v) is 1.88. The second-order valence-electron chi connectivity index (χ2n) is 4.97. The predicted octanol–water partition coefficient (Wildman–Crippen LogP) is 1.18. The van der Waals surface area contributed by atoms with E-state index < -0.39 is 0 Å². The van der Waals surface area contributed by atoms with Crippen molar-refractivity contribution in [2.24, 2.45) is 5.73 Å². The van der Waals surface area contributed by atoms with Gasteiger partial charge < -0.3 is 21.2 Å². The third kappa shape index (κ3) is 9.02. The smallest absolute Gasteiger partial charge is 0.321 e. The molecular weight excluding hydrogens is 308 g/mol. The monoisotopic (exact) mass is 336 g/mol. The summed E-state index contributed by atoms with van der Waals surface area (Å²) in [6, 6.07) is 6.35. The number of unbranched alkanes of at least 4 members (excludes halogenated alkanes) is 1. The highest BCUT2D eigenvalue weighted by atomic mass is 16.2. The highest BCUT2D eigenvalue weighted by molar-refractivity contribution is 5.93. The number of nitrogens with two attached hydrogens (primary N) is 1. The van der Waals surface area contributed by atoms with E-state index >= 15 is 0 Å². The van der Waals surface area contributed by atoms with E-state index in [9.17, 15) is 14.4 Å². The molecule has 0 aliphatic carbocycles. The van der Waals surface area contributed by atoms with Crippen LogP contribution in [0.25, 0.3) is 0 Å². The molecule has 7 nitrogen and oxygen atoms in total. The highest BCUT2D eigenvalue weighted by Gasteiger charge is 2.13. The summed E-state index contributed by atoms with van der Waals surface area (Å²) in [6.45, 7) is 2.20. The van der Waals surface area contributed by atoms with Gasteiger partial charge in [0.1, 0.15) is 12.6 Å². The lowest BCUT2D eigenvalue weighted by Crippen LogP contribution is -2.39. The topological polar surface area (TPSA) is 105 Å². The summed E-state index contributed by atoms with van der Waals surface area (Å²) in [5, 5.41) is 5.54. The number of urea groups is 1. The van der Waals surface area contributed by atoms with Crippen LogP contribution in [0.5, 0.6) is 0 Å². The van der Waals surface area contributed by atoms with Crippen molar-refractivity contribution in [3.05, 3.63) is 29.8 Å². The molecule has 24 heavy (non-hydrogen) atoms. The number of rotatable bonds is 9. The third-order valence-corrected chi connectivity index (χ3v) is 3.13. The summed E-state index contributed by atoms with van der Waals surface area (Å²) in [5.41, 5.74) is 6.32. The molecule has 7 heteroatoms. The van der Waals surface area contributed by atoms with E-state index in [0.717, 1.165) is 25.8 Å². The number of hydrogen-bond donors (Lipinski definition) is 3. The van der Waals surface area contributed by atoms with Crippen LogP contribution in [0.4, 0.5) is 10.5 Å². The number of aldehydes is 2. The Bertz CT molecular complexity index is 490. The van der Waals surface area contributed by atoms with Gasteiger partial charge in [-0.1, -0.05) is 12.1 Å². The van der Waals surface area contributed by atoms with Crippen molar-refractivity contribution < 1.29 is 14.4 Å². The Morgan fingerprint density at radius 1 is 1.25 bits per heavy atom. The van der Waals surface area contributed by atoms with Crippen molar-refractivity contribution in [1.82, 2.24) is 10.6 Å². The van der Waals surface area contributed by atoms with E-state index in [2.05, 4.69) is 10.6 Å². The molecule has 0 heterocycles. The normalized spacial score (nSPS) is 9.46. The Balaban J connectivity index is 0.000000640. The summed E-state index contributed by atoms with van der Waals surface area (Å²) >= 11 is 0. The Morgan fingerprint density at radius 2 is 2.00 bits per heavy atom. The zero-order valence-electron chi connectivity index (χ0n) is 14.5. The van der Waals surface area contributed by atoms with E-state index in [0.29, 0.717) is 17.5 Å². The highest BCUT2D eigenvalue weighted by Crippen LogP contribution is 2.15. The van der Waals surface area contributed by atoms with Crippen LogP contribution in [-0.2, 0) is 4.79 Å². The molecule has 0 unspecified atom stereocenters. The molecule has 4 N–H and O–H groups in total. The van der Waals surface area contributed by atoms with Gasteiger partial charge in [0.15, 0.2) is 0 Å². The summed E-state index contributed by atoms with van der Waals surface area (Å²) in [5.74, 6) is 0. The minimum Gasteiger partial charge on any atom is -0.341 e. The molecule has 134 valence electrons. The molecule has 0 radical (unpaired) electrons. The van der Waals surface area contributed by atoms with Crippen molar-refractivity contribution in [2.75, 3.05) is 38.6 Å². The van der Waals surface area contributed by atoms with Crippen LogP contribution in [0.2, 0.25) is 0 Å². The molecule has 0 spiro atoms. The maximum absolute atomic E-state index is 11.6. The van der Waals surface area contributed by atoms with Crippen LogP contribution < -0.4 is 21.3 Å². The minimum absolute atomic E-state index is 0.249. The van der Waals surface area contributed by atoms with E-state index in [-0.39, 0.29) is 19.0 Å². The molecule has 0 bridgehead atoms. The summed E-state index contributed by atoms with van der Waals surface area (Å²) in [6.07, 6.45) is 4.05. The summed E-state index contributed by atoms with van der Waals surface area (Å²) in [7, 11) is 3.47. The van der Waals surface area contributed by atoms with E-state index in [1.807, 2.05) is 7.05 Å². The zero-order chi connectivity index (χ0) is 18.2. The average molecular weight is 336 g/mol. The first-order chi connectivity index (χ1) is 11.6.